The lowest BCUT2D eigenvalue weighted by Gasteiger charge is -2.30. The summed E-state index contributed by atoms with van der Waals surface area (Å²) in [7, 11) is 0. The molecule has 0 aromatic heterocycles. The molecule has 5 nitrogen and oxygen atoms in total. The number of nitrogens with zero attached hydrogens (tertiary/aromatic N) is 1. The van der Waals surface area contributed by atoms with Gasteiger partial charge in [-0.1, -0.05) is 27.5 Å². The largest absolute Gasteiger partial charge is 0.461 e. The Labute approximate surface area is 121 Å². The van der Waals surface area contributed by atoms with Crippen LogP contribution in [0.25, 0.3) is 0 Å². The smallest absolute Gasteiger partial charge is 0.364 e. The van der Waals surface area contributed by atoms with Crippen LogP contribution >= 0.6 is 15.9 Å². The monoisotopic (exact) mass is 333 g/mol. The number of halogens is 1. The fourth-order valence-electron chi connectivity index (χ4n) is 2.01. The maximum absolute atomic E-state index is 11.6. The minimum Gasteiger partial charge on any atom is -0.461 e. The van der Waals surface area contributed by atoms with Crippen molar-refractivity contribution in [2.24, 2.45) is 5.16 Å². The van der Waals surface area contributed by atoms with E-state index in [4.69, 9.17) is 9.57 Å². The Morgan fingerprint density at radius 1 is 1.26 bits per heavy atom. The molecule has 108 valence electrons. The SMILES string of the molecule is CCOC(=O)C(=NOC1(C)CCCCC1)C(=O)CBr. The maximum Gasteiger partial charge on any atom is 0.364 e. The molecule has 0 radical (unpaired) electrons. The molecule has 1 saturated carbocycles. The van der Waals surface area contributed by atoms with Gasteiger partial charge >= 0.3 is 5.97 Å². The molecule has 0 saturated heterocycles. The van der Waals surface area contributed by atoms with Gasteiger partial charge in [-0.15, -0.1) is 0 Å². The van der Waals surface area contributed by atoms with Gasteiger partial charge in [-0.2, -0.15) is 0 Å². The van der Waals surface area contributed by atoms with Gasteiger partial charge in [-0.05, 0) is 39.5 Å². The van der Waals surface area contributed by atoms with E-state index >= 15 is 0 Å². The molecule has 0 unspecified atom stereocenters. The van der Waals surface area contributed by atoms with Gasteiger partial charge in [-0.3, -0.25) is 4.79 Å². The zero-order valence-electron chi connectivity index (χ0n) is 11.4. The van der Waals surface area contributed by atoms with E-state index in [1.807, 2.05) is 6.92 Å². The second-order valence-electron chi connectivity index (χ2n) is 4.82. The topological polar surface area (TPSA) is 65.0 Å². The van der Waals surface area contributed by atoms with Gasteiger partial charge in [0.1, 0.15) is 5.60 Å². The molecule has 0 heterocycles. The highest BCUT2D eigenvalue weighted by Crippen LogP contribution is 2.31. The molecule has 0 bridgehead atoms. The number of esters is 1. The Balaban J connectivity index is 2.76. The van der Waals surface area contributed by atoms with Gasteiger partial charge in [0.25, 0.3) is 0 Å². The molecule has 0 aliphatic heterocycles. The third kappa shape index (κ3) is 4.93. The molecule has 1 aliphatic carbocycles. The van der Waals surface area contributed by atoms with E-state index in [0.717, 1.165) is 25.7 Å². The van der Waals surface area contributed by atoms with Crippen molar-refractivity contribution < 1.29 is 19.2 Å². The van der Waals surface area contributed by atoms with Crippen LogP contribution < -0.4 is 0 Å². The summed E-state index contributed by atoms with van der Waals surface area (Å²) in [6.07, 6.45) is 5.11. The lowest BCUT2D eigenvalue weighted by molar-refractivity contribution is -0.136. The summed E-state index contributed by atoms with van der Waals surface area (Å²) in [6.45, 7) is 3.83. The summed E-state index contributed by atoms with van der Waals surface area (Å²) >= 11 is 3.02. The highest BCUT2D eigenvalue weighted by Gasteiger charge is 2.30. The molecular weight excluding hydrogens is 314 g/mol. The van der Waals surface area contributed by atoms with Crippen LogP contribution in [0.15, 0.2) is 5.16 Å². The highest BCUT2D eigenvalue weighted by molar-refractivity contribution is 9.09. The first-order chi connectivity index (χ1) is 9.02. The fraction of sp³-hybridized carbons (Fsp3) is 0.769. The number of hydrogen-bond donors (Lipinski definition) is 0. The zero-order valence-corrected chi connectivity index (χ0v) is 13.0. The molecule has 1 rings (SSSR count). The third-order valence-electron chi connectivity index (χ3n) is 3.12. The van der Waals surface area contributed by atoms with E-state index in [1.54, 1.807) is 6.92 Å². The summed E-state index contributed by atoms with van der Waals surface area (Å²) in [5.74, 6) is -1.16. The van der Waals surface area contributed by atoms with Crippen molar-refractivity contribution in [3.8, 4) is 0 Å². The van der Waals surface area contributed by atoms with Crippen molar-refractivity contribution in [3.05, 3.63) is 0 Å². The van der Waals surface area contributed by atoms with Gasteiger partial charge in [-0.25, -0.2) is 4.79 Å². The van der Waals surface area contributed by atoms with E-state index in [0.29, 0.717) is 0 Å². The van der Waals surface area contributed by atoms with E-state index in [1.165, 1.54) is 6.42 Å². The molecule has 0 atom stereocenters. The molecule has 0 amide bonds. The minimum absolute atomic E-state index is 0.0186. The molecule has 0 aromatic carbocycles. The zero-order chi connectivity index (χ0) is 14.3. The first-order valence-electron chi connectivity index (χ1n) is 6.55. The quantitative estimate of drug-likeness (QED) is 0.246. The van der Waals surface area contributed by atoms with Gasteiger partial charge in [0, 0.05) is 0 Å². The van der Waals surface area contributed by atoms with Crippen LogP contribution in [0, 0.1) is 0 Å². The van der Waals surface area contributed by atoms with Crippen LogP contribution in [0.5, 0.6) is 0 Å². The number of oxime groups is 1. The Kier molecular flexibility index (Phi) is 6.48. The van der Waals surface area contributed by atoms with Crippen molar-refractivity contribution in [1.82, 2.24) is 0 Å². The van der Waals surface area contributed by atoms with Crippen LogP contribution in [-0.4, -0.2) is 35.0 Å². The normalized spacial score (nSPS) is 18.8. The lowest BCUT2D eigenvalue weighted by Crippen LogP contribution is -2.33. The number of hydrogen-bond acceptors (Lipinski definition) is 5. The second-order valence-corrected chi connectivity index (χ2v) is 5.38. The van der Waals surface area contributed by atoms with Crippen LogP contribution in [0.2, 0.25) is 0 Å². The molecule has 1 fully saturated rings. The number of rotatable bonds is 6. The van der Waals surface area contributed by atoms with E-state index < -0.39 is 11.8 Å². The number of ketones is 1. The summed E-state index contributed by atoms with van der Waals surface area (Å²) < 4.78 is 4.81. The Bertz CT molecular complexity index is 362. The minimum atomic E-state index is -0.730. The predicted molar refractivity (Wildman–Crippen MR) is 75.4 cm³/mol. The summed E-state index contributed by atoms with van der Waals surface area (Å²) in [6, 6.07) is 0. The van der Waals surface area contributed by atoms with E-state index in [2.05, 4.69) is 21.1 Å². The molecule has 0 spiro atoms. The molecule has 19 heavy (non-hydrogen) atoms. The molecule has 6 heteroatoms. The van der Waals surface area contributed by atoms with Crippen molar-refractivity contribution in [2.75, 3.05) is 11.9 Å². The summed E-state index contributed by atoms with van der Waals surface area (Å²) in [5.41, 5.74) is -0.659. The van der Waals surface area contributed by atoms with Crippen LogP contribution in [0.3, 0.4) is 0 Å². The Morgan fingerprint density at radius 2 is 1.89 bits per heavy atom. The Morgan fingerprint density at radius 3 is 2.42 bits per heavy atom. The number of alkyl halides is 1. The van der Waals surface area contributed by atoms with E-state index in [-0.39, 0.29) is 23.2 Å². The number of carbonyl (C=O) groups is 2. The van der Waals surface area contributed by atoms with Gasteiger partial charge in [0.2, 0.25) is 11.5 Å². The van der Waals surface area contributed by atoms with E-state index in [9.17, 15) is 9.59 Å². The molecular formula is C13H20BrNO4. The van der Waals surface area contributed by atoms with Crippen molar-refractivity contribution in [1.29, 1.82) is 0 Å². The van der Waals surface area contributed by atoms with Crippen molar-refractivity contribution in [3.63, 3.8) is 0 Å². The van der Waals surface area contributed by atoms with Gasteiger partial charge in [0.15, 0.2) is 0 Å². The first-order valence-corrected chi connectivity index (χ1v) is 7.67. The third-order valence-corrected chi connectivity index (χ3v) is 3.63. The standard InChI is InChI=1S/C13H20BrNO4/c1-3-18-12(17)11(10(16)9-14)15-19-13(2)7-5-4-6-8-13/h3-9H2,1-2H3. The maximum atomic E-state index is 11.6. The number of carbonyl (C=O) groups excluding carboxylic acids is 2. The lowest BCUT2D eigenvalue weighted by atomic mass is 9.87. The van der Waals surface area contributed by atoms with Crippen molar-refractivity contribution in [2.45, 2.75) is 51.6 Å². The molecule has 1 aliphatic rings. The van der Waals surface area contributed by atoms with Crippen LogP contribution in [-0.2, 0) is 19.2 Å². The highest BCUT2D eigenvalue weighted by atomic mass is 79.9. The summed E-state index contributed by atoms with van der Waals surface area (Å²) in [4.78, 5) is 28.8. The van der Waals surface area contributed by atoms with Crippen LogP contribution in [0.4, 0.5) is 0 Å². The number of ether oxygens (including phenoxy) is 1. The molecule has 0 aromatic rings. The fourth-order valence-corrected chi connectivity index (χ4v) is 2.28. The van der Waals surface area contributed by atoms with Gasteiger partial charge < -0.3 is 9.57 Å². The first kappa shape index (κ1) is 16.1. The second kappa shape index (κ2) is 7.62. The average Bonchev–Trinajstić information content (AvgIpc) is 2.39. The number of Topliss-reactive ketones (excluding diaryl/α,β-unsaturated/α-hetero) is 1. The average molecular weight is 334 g/mol. The predicted octanol–water partition coefficient (Wildman–Crippen LogP) is 2.61. The van der Waals surface area contributed by atoms with Crippen molar-refractivity contribution >= 4 is 33.4 Å². The van der Waals surface area contributed by atoms with Crippen LogP contribution in [0.1, 0.15) is 46.0 Å². The Hall–Kier alpha value is -0.910. The van der Waals surface area contributed by atoms with Gasteiger partial charge in [0.05, 0.1) is 11.9 Å². The molecule has 0 N–H and O–H groups in total. The summed E-state index contributed by atoms with van der Waals surface area (Å²) in [5, 5.41) is 3.79.